The molecule has 0 spiro atoms. The van der Waals surface area contributed by atoms with Gasteiger partial charge < -0.3 is 10.1 Å². The van der Waals surface area contributed by atoms with Crippen LogP contribution in [0.4, 0.5) is 4.39 Å². The van der Waals surface area contributed by atoms with Gasteiger partial charge in [-0.1, -0.05) is 48.0 Å². The van der Waals surface area contributed by atoms with E-state index in [-0.39, 0.29) is 12.4 Å². The standard InChI is InChI=1S/C19H23BrFNO/c1-14(2)9-10-22-12-16-11-17(20)7-8-19(16)23-13-15-5-3-4-6-18(15)21/h3-8,11,14,22H,9-10,12-13H2,1-2H3. The molecule has 23 heavy (non-hydrogen) atoms. The third-order valence-corrected chi connectivity index (χ3v) is 4.07. The zero-order chi connectivity index (χ0) is 16.7. The summed E-state index contributed by atoms with van der Waals surface area (Å²) in [4.78, 5) is 0. The minimum absolute atomic E-state index is 0.229. The summed E-state index contributed by atoms with van der Waals surface area (Å²) >= 11 is 3.49. The lowest BCUT2D eigenvalue weighted by molar-refractivity contribution is 0.296. The Kier molecular flexibility index (Phi) is 7.06. The molecule has 0 aliphatic carbocycles. The summed E-state index contributed by atoms with van der Waals surface area (Å²) in [7, 11) is 0. The molecule has 0 aliphatic rings. The van der Waals surface area contributed by atoms with Crippen molar-refractivity contribution in [2.24, 2.45) is 5.92 Å². The van der Waals surface area contributed by atoms with Crippen LogP contribution < -0.4 is 10.1 Å². The van der Waals surface area contributed by atoms with Gasteiger partial charge in [0.1, 0.15) is 18.2 Å². The zero-order valence-electron chi connectivity index (χ0n) is 13.6. The lowest BCUT2D eigenvalue weighted by Gasteiger charge is -2.14. The first kappa shape index (κ1) is 18.0. The summed E-state index contributed by atoms with van der Waals surface area (Å²) in [5.41, 5.74) is 1.63. The quantitative estimate of drug-likeness (QED) is 0.628. The van der Waals surface area contributed by atoms with E-state index in [1.54, 1.807) is 12.1 Å². The van der Waals surface area contributed by atoms with Gasteiger partial charge in [-0.2, -0.15) is 0 Å². The maximum Gasteiger partial charge on any atom is 0.129 e. The highest BCUT2D eigenvalue weighted by Crippen LogP contribution is 2.24. The minimum atomic E-state index is -0.235. The van der Waals surface area contributed by atoms with Gasteiger partial charge in [-0.15, -0.1) is 0 Å². The van der Waals surface area contributed by atoms with E-state index in [0.29, 0.717) is 11.5 Å². The number of nitrogens with one attached hydrogen (secondary N) is 1. The van der Waals surface area contributed by atoms with Crippen LogP contribution in [-0.2, 0) is 13.2 Å². The Bertz CT molecular complexity index is 631. The average Bonchev–Trinajstić information content (AvgIpc) is 2.52. The Balaban J connectivity index is 1.99. The second-order valence-corrected chi connectivity index (χ2v) is 6.91. The summed E-state index contributed by atoms with van der Waals surface area (Å²) in [5.74, 6) is 1.23. The van der Waals surface area contributed by atoms with Crippen LogP contribution in [0.25, 0.3) is 0 Å². The second-order valence-electron chi connectivity index (χ2n) is 5.99. The smallest absolute Gasteiger partial charge is 0.129 e. The maximum atomic E-state index is 13.7. The Hall–Kier alpha value is -1.39. The van der Waals surface area contributed by atoms with Crippen molar-refractivity contribution in [3.63, 3.8) is 0 Å². The topological polar surface area (TPSA) is 21.3 Å². The number of rotatable bonds is 8. The van der Waals surface area contributed by atoms with Gasteiger partial charge in [0.25, 0.3) is 0 Å². The number of hydrogen-bond donors (Lipinski definition) is 1. The lowest BCUT2D eigenvalue weighted by atomic mass is 10.1. The predicted molar refractivity (Wildman–Crippen MR) is 96.0 cm³/mol. The minimum Gasteiger partial charge on any atom is -0.488 e. The van der Waals surface area contributed by atoms with E-state index in [1.807, 2.05) is 24.3 Å². The van der Waals surface area contributed by atoms with Crippen molar-refractivity contribution in [1.82, 2.24) is 5.32 Å². The fraction of sp³-hybridized carbons (Fsp3) is 0.368. The highest BCUT2D eigenvalue weighted by atomic mass is 79.9. The molecule has 0 aromatic heterocycles. The van der Waals surface area contributed by atoms with Crippen LogP contribution >= 0.6 is 15.9 Å². The van der Waals surface area contributed by atoms with Crippen LogP contribution in [0.15, 0.2) is 46.9 Å². The number of halogens is 2. The van der Waals surface area contributed by atoms with Crippen molar-refractivity contribution < 1.29 is 9.13 Å². The molecule has 0 radical (unpaired) electrons. The van der Waals surface area contributed by atoms with Gasteiger partial charge in [0.15, 0.2) is 0 Å². The van der Waals surface area contributed by atoms with Gasteiger partial charge in [-0.05, 0) is 43.1 Å². The molecule has 0 saturated heterocycles. The largest absolute Gasteiger partial charge is 0.488 e. The van der Waals surface area contributed by atoms with Crippen molar-refractivity contribution in [1.29, 1.82) is 0 Å². The third kappa shape index (κ3) is 5.96. The van der Waals surface area contributed by atoms with Crippen molar-refractivity contribution in [2.75, 3.05) is 6.54 Å². The van der Waals surface area contributed by atoms with Crippen LogP contribution in [0.5, 0.6) is 5.75 Å². The Morgan fingerprint density at radius 1 is 1.13 bits per heavy atom. The van der Waals surface area contributed by atoms with Crippen molar-refractivity contribution >= 4 is 15.9 Å². The van der Waals surface area contributed by atoms with Crippen molar-refractivity contribution in [2.45, 2.75) is 33.4 Å². The summed E-state index contributed by atoms with van der Waals surface area (Å²) < 4.78 is 20.5. The molecule has 0 amide bonds. The van der Waals surface area contributed by atoms with E-state index in [0.717, 1.165) is 35.3 Å². The molecule has 0 fully saturated rings. The van der Waals surface area contributed by atoms with Crippen LogP contribution in [0.1, 0.15) is 31.4 Å². The molecular weight excluding hydrogens is 357 g/mol. The van der Waals surface area contributed by atoms with E-state index in [9.17, 15) is 4.39 Å². The van der Waals surface area contributed by atoms with E-state index in [2.05, 4.69) is 35.1 Å². The SMILES string of the molecule is CC(C)CCNCc1cc(Br)ccc1OCc1ccccc1F. The molecule has 0 aliphatic heterocycles. The molecular formula is C19H23BrFNO. The molecule has 4 heteroatoms. The third-order valence-electron chi connectivity index (χ3n) is 3.58. The Labute approximate surface area is 146 Å². The van der Waals surface area contributed by atoms with Crippen LogP contribution in [-0.4, -0.2) is 6.54 Å². The summed E-state index contributed by atoms with van der Waals surface area (Å²) in [6.07, 6.45) is 1.14. The molecule has 0 unspecified atom stereocenters. The molecule has 2 rings (SSSR count). The monoisotopic (exact) mass is 379 g/mol. The first-order chi connectivity index (χ1) is 11.1. The maximum absolute atomic E-state index is 13.7. The first-order valence-corrected chi connectivity index (χ1v) is 8.71. The molecule has 1 N–H and O–H groups in total. The van der Waals surface area contributed by atoms with Gasteiger partial charge in [0.2, 0.25) is 0 Å². The van der Waals surface area contributed by atoms with E-state index < -0.39 is 0 Å². The lowest BCUT2D eigenvalue weighted by Crippen LogP contribution is -2.17. The first-order valence-electron chi connectivity index (χ1n) is 7.91. The average molecular weight is 380 g/mol. The van der Waals surface area contributed by atoms with E-state index >= 15 is 0 Å². The van der Waals surface area contributed by atoms with Gasteiger partial charge >= 0.3 is 0 Å². The number of ether oxygens (including phenoxy) is 1. The molecule has 2 aromatic carbocycles. The Morgan fingerprint density at radius 3 is 2.65 bits per heavy atom. The van der Waals surface area contributed by atoms with E-state index in [1.165, 1.54) is 6.07 Å². The summed E-state index contributed by atoms with van der Waals surface area (Å²) in [6.45, 7) is 6.36. The van der Waals surface area contributed by atoms with Gasteiger partial charge in [0, 0.05) is 22.1 Å². The van der Waals surface area contributed by atoms with Crippen LogP contribution in [0.2, 0.25) is 0 Å². The van der Waals surface area contributed by atoms with Gasteiger partial charge in [-0.25, -0.2) is 4.39 Å². The fourth-order valence-electron chi connectivity index (χ4n) is 2.21. The molecule has 2 aromatic rings. The van der Waals surface area contributed by atoms with Crippen molar-refractivity contribution in [3.8, 4) is 5.75 Å². The molecule has 0 saturated carbocycles. The zero-order valence-corrected chi connectivity index (χ0v) is 15.2. The number of benzene rings is 2. The molecule has 0 atom stereocenters. The molecule has 2 nitrogen and oxygen atoms in total. The molecule has 0 heterocycles. The van der Waals surface area contributed by atoms with Gasteiger partial charge in [0.05, 0.1) is 0 Å². The van der Waals surface area contributed by atoms with Crippen LogP contribution in [0.3, 0.4) is 0 Å². The number of hydrogen-bond acceptors (Lipinski definition) is 2. The fourth-order valence-corrected chi connectivity index (χ4v) is 2.62. The Morgan fingerprint density at radius 2 is 1.91 bits per heavy atom. The summed E-state index contributed by atoms with van der Waals surface area (Å²) in [6, 6.07) is 12.6. The normalized spacial score (nSPS) is 11.0. The highest BCUT2D eigenvalue weighted by Gasteiger charge is 2.07. The molecule has 0 bridgehead atoms. The van der Waals surface area contributed by atoms with Crippen LogP contribution in [0, 0.1) is 11.7 Å². The van der Waals surface area contributed by atoms with E-state index in [4.69, 9.17) is 4.74 Å². The predicted octanol–water partition coefficient (Wildman–Crippen LogP) is 5.30. The highest BCUT2D eigenvalue weighted by molar-refractivity contribution is 9.10. The molecule has 124 valence electrons. The van der Waals surface area contributed by atoms with Gasteiger partial charge in [-0.3, -0.25) is 0 Å². The second kappa shape index (κ2) is 9.04. The van der Waals surface area contributed by atoms with Crippen molar-refractivity contribution in [3.05, 3.63) is 63.9 Å². The summed E-state index contributed by atoms with van der Waals surface area (Å²) in [5, 5.41) is 3.44.